The van der Waals surface area contributed by atoms with Gasteiger partial charge in [-0.1, -0.05) is 60.3 Å². The molecule has 1 saturated heterocycles. The lowest BCUT2D eigenvalue weighted by atomic mass is 10.2. The largest absolute Gasteiger partial charge is 0.481 e. The molecule has 27 heavy (non-hydrogen) atoms. The molecule has 1 N–H and O–H groups in total. The maximum absolute atomic E-state index is 12.6. The Morgan fingerprint density at radius 1 is 1.19 bits per heavy atom. The fourth-order valence-corrected chi connectivity index (χ4v) is 3.40. The van der Waals surface area contributed by atoms with E-state index in [-0.39, 0.29) is 5.91 Å². The molecule has 1 aliphatic heterocycles. The van der Waals surface area contributed by atoms with Crippen LogP contribution in [0.1, 0.15) is 11.1 Å². The van der Waals surface area contributed by atoms with Crippen molar-refractivity contribution in [2.24, 2.45) is 5.10 Å². The van der Waals surface area contributed by atoms with Gasteiger partial charge in [-0.25, -0.2) is 4.79 Å². The molecule has 0 spiro atoms. The third-order valence-corrected chi connectivity index (χ3v) is 4.73. The molecule has 1 aliphatic rings. The van der Waals surface area contributed by atoms with Gasteiger partial charge in [0.2, 0.25) is 0 Å². The Bertz CT molecular complexity index is 942. The number of rotatable bonds is 6. The molecule has 0 aromatic heterocycles. The summed E-state index contributed by atoms with van der Waals surface area (Å²) in [5, 5.41) is 14.1. The number of amides is 1. The third-order valence-electron chi connectivity index (χ3n) is 3.45. The van der Waals surface area contributed by atoms with Crippen LogP contribution in [0.3, 0.4) is 0 Å². The van der Waals surface area contributed by atoms with Gasteiger partial charge in [0.1, 0.15) is 5.75 Å². The van der Waals surface area contributed by atoms with Crippen molar-refractivity contribution >= 4 is 52.5 Å². The maximum atomic E-state index is 12.6. The zero-order valence-corrected chi connectivity index (χ0v) is 15.6. The summed E-state index contributed by atoms with van der Waals surface area (Å²) in [6.45, 7) is -0.465. The van der Waals surface area contributed by atoms with Crippen molar-refractivity contribution < 1.29 is 19.4 Å². The number of benzene rings is 2. The van der Waals surface area contributed by atoms with Gasteiger partial charge in [-0.2, -0.15) is 10.1 Å². The summed E-state index contributed by atoms with van der Waals surface area (Å²) in [5.74, 6) is -1.05. The second kappa shape index (κ2) is 8.61. The summed E-state index contributed by atoms with van der Waals surface area (Å²) >= 11 is 6.38. The highest BCUT2D eigenvalue weighted by Gasteiger charge is 2.32. The number of thioether (sulfide) groups is 1. The number of carboxylic acids is 1. The van der Waals surface area contributed by atoms with Crippen molar-refractivity contribution in [3.8, 4) is 5.75 Å². The number of ether oxygens (including phenoxy) is 1. The zero-order valence-electron chi connectivity index (χ0n) is 13.9. The predicted molar refractivity (Wildman–Crippen MR) is 109 cm³/mol. The van der Waals surface area contributed by atoms with E-state index >= 15 is 0 Å². The Labute approximate surface area is 165 Å². The number of para-hydroxylation sites is 1. The van der Waals surface area contributed by atoms with Gasteiger partial charge in [0.05, 0.1) is 11.1 Å². The average molecular weight is 398 g/mol. The zero-order chi connectivity index (χ0) is 19.2. The van der Waals surface area contributed by atoms with E-state index in [0.717, 1.165) is 17.3 Å². The van der Waals surface area contributed by atoms with Gasteiger partial charge >= 0.3 is 5.97 Å². The highest BCUT2D eigenvalue weighted by molar-refractivity contribution is 8.26. The molecular weight excluding hydrogens is 384 g/mol. The van der Waals surface area contributed by atoms with Gasteiger partial charge in [-0.3, -0.25) is 4.79 Å². The molecule has 1 fully saturated rings. The highest BCUT2D eigenvalue weighted by atomic mass is 32.2. The number of thiocarbonyl (C=S) groups is 1. The normalized spacial score (nSPS) is 15.7. The number of carboxylic acid groups (broad SMARTS) is 1. The topological polar surface area (TPSA) is 79.2 Å². The smallest absolute Gasteiger partial charge is 0.341 e. The highest BCUT2D eigenvalue weighted by Crippen LogP contribution is 2.34. The Balaban J connectivity index is 1.80. The van der Waals surface area contributed by atoms with Crippen LogP contribution in [0.25, 0.3) is 6.08 Å². The second-order valence-electron chi connectivity index (χ2n) is 5.37. The van der Waals surface area contributed by atoms with E-state index in [2.05, 4.69) is 5.10 Å². The van der Waals surface area contributed by atoms with Crippen molar-refractivity contribution in [1.82, 2.24) is 5.01 Å². The molecule has 2 aromatic rings. The number of hydrazone groups is 1. The van der Waals surface area contributed by atoms with Crippen LogP contribution in [0.2, 0.25) is 0 Å². The van der Waals surface area contributed by atoms with Gasteiger partial charge < -0.3 is 9.84 Å². The van der Waals surface area contributed by atoms with Gasteiger partial charge in [-0.05, 0) is 29.9 Å². The van der Waals surface area contributed by atoms with Crippen LogP contribution in [0.15, 0.2) is 64.6 Å². The molecule has 0 atom stereocenters. The second-order valence-corrected chi connectivity index (χ2v) is 7.04. The fourth-order valence-electron chi connectivity index (χ4n) is 2.23. The third kappa shape index (κ3) is 4.81. The van der Waals surface area contributed by atoms with Crippen LogP contribution in [-0.4, -0.2) is 39.1 Å². The fraction of sp³-hybridized carbons (Fsp3) is 0.0526. The Morgan fingerprint density at radius 2 is 1.89 bits per heavy atom. The van der Waals surface area contributed by atoms with Crippen LogP contribution < -0.4 is 4.74 Å². The van der Waals surface area contributed by atoms with E-state index in [4.69, 9.17) is 22.1 Å². The van der Waals surface area contributed by atoms with Crippen molar-refractivity contribution in [3.63, 3.8) is 0 Å². The predicted octanol–water partition coefficient (Wildman–Crippen LogP) is 3.39. The van der Waals surface area contributed by atoms with Gasteiger partial charge in [0.25, 0.3) is 5.91 Å². The number of carbonyl (C=O) groups is 2. The molecule has 0 unspecified atom stereocenters. The van der Waals surface area contributed by atoms with Crippen molar-refractivity contribution in [3.05, 3.63) is 70.6 Å². The molecule has 6 nitrogen and oxygen atoms in total. The first-order chi connectivity index (χ1) is 13.0. The first-order valence-corrected chi connectivity index (χ1v) is 9.07. The molecule has 1 heterocycles. The molecule has 136 valence electrons. The van der Waals surface area contributed by atoms with Crippen molar-refractivity contribution in [1.29, 1.82) is 0 Å². The molecular formula is C19H14N2O4S2. The molecule has 3 rings (SSSR count). The van der Waals surface area contributed by atoms with Crippen LogP contribution in [0, 0.1) is 0 Å². The molecule has 8 heteroatoms. The minimum absolute atomic E-state index is 0.322. The monoisotopic (exact) mass is 398 g/mol. The van der Waals surface area contributed by atoms with E-state index in [1.807, 2.05) is 30.3 Å². The van der Waals surface area contributed by atoms with E-state index in [0.29, 0.717) is 20.5 Å². The molecule has 0 bridgehead atoms. The maximum Gasteiger partial charge on any atom is 0.341 e. The Hall–Kier alpha value is -2.97. The quantitative estimate of drug-likeness (QED) is 0.457. The average Bonchev–Trinajstić information content (AvgIpc) is 2.93. The van der Waals surface area contributed by atoms with Gasteiger partial charge in [0.15, 0.2) is 10.9 Å². The van der Waals surface area contributed by atoms with Gasteiger partial charge in [0, 0.05) is 5.56 Å². The summed E-state index contributed by atoms with van der Waals surface area (Å²) < 4.78 is 5.58. The van der Waals surface area contributed by atoms with E-state index in [9.17, 15) is 9.59 Å². The lowest BCUT2D eigenvalue weighted by Gasteiger charge is -2.07. The van der Waals surface area contributed by atoms with Crippen LogP contribution in [0.4, 0.5) is 0 Å². The van der Waals surface area contributed by atoms with Crippen LogP contribution in [-0.2, 0) is 9.59 Å². The van der Waals surface area contributed by atoms with Crippen LogP contribution >= 0.6 is 24.0 Å². The Kier molecular flexibility index (Phi) is 6.00. The van der Waals surface area contributed by atoms with E-state index in [1.54, 1.807) is 36.6 Å². The summed E-state index contributed by atoms with van der Waals surface area (Å²) in [6.07, 6.45) is 3.19. The first-order valence-electron chi connectivity index (χ1n) is 7.85. The molecule has 0 saturated carbocycles. The summed E-state index contributed by atoms with van der Waals surface area (Å²) in [6, 6.07) is 16.3. The van der Waals surface area contributed by atoms with E-state index in [1.165, 1.54) is 5.01 Å². The number of aliphatic carboxylic acids is 1. The summed E-state index contributed by atoms with van der Waals surface area (Å²) in [5.41, 5.74) is 1.44. The van der Waals surface area contributed by atoms with Crippen LogP contribution in [0.5, 0.6) is 5.75 Å². The number of hydrogen-bond donors (Lipinski definition) is 1. The molecule has 0 radical (unpaired) electrons. The number of hydrogen-bond acceptors (Lipinski definition) is 6. The lowest BCUT2D eigenvalue weighted by Crippen LogP contribution is -2.22. The standard InChI is InChI=1S/C19H14N2O4S2/c22-17(23)12-25-15-9-5-4-8-14(15)10-16-18(24)21(19(26)27-16)20-11-13-6-2-1-3-7-13/h1-11H,12H2,(H,22,23). The van der Waals surface area contributed by atoms with Crippen molar-refractivity contribution in [2.45, 2.75) is 0 Å². The van der Waals surface area contributed by atoms with Crippen molar-refractivity contribution in [2.75, 3.05) is 6.61 Å². The number of nitrogens with zero attached hydrogens (tertiary/aromatic N) is 2. The SMILES string of the molecule is O=C(O)COc1ccccc1C=C1SC(=S)N(N=Cc2ccccc2)C1=O. The molecule has 2 aromatic carbocycles. The van der Waals surface area contributed by atoms with E-state index < -0.39 is 12.6 Å². The minimum atomic E-state index is -1.08. The molecule has 0 aliphatic carbocycles. The lowest BCUT2D eigenvalue weighted by molar-refractivity contribution is -0.139. The minimum Gasteiger partial charge on any atom is -0.481 e. The Morgan fingerprint density at radius 3 is 2.63 bits per heavy atom. The molecule has 1 amide bonds. The summed E-state index contributed by atoms with van der Waals surface area (Å²) in [4.78, 5) is 23.7. The van der Waals surface area contributed by atoms with Gasteiger partial charge in [-0.15, -0.1) is 0 Å². The number of carbonyl (C=O) groups excluding carboxylic acids is 1. The first kappa shape index (κ1) is 18.8. The summed E-state index contributed by atoms with van der Waals surface area (Å²) in [7, 11) is 0.